The maximum Gasteiger partial charge on any atom is 0.190 e. The van der Waals surface area contributed by atoms with Gasteiger partial charge in [-0.25, -0.2) is 4.99 Å². The first kappa shape index (κ1) is 14.5. The first-order valence-corrected chi connectivity index (χ1v) is 8.99. The summed E-state index contributed by atoms with van der Waals surface area (Å²) >= 11 is 1.68. The van der Waals surface area contributed by atoms with Gasteiger partial charge in [0, 0.05) is 11.4 Å². The van der Waals surface area contributed by atoms with E-state index in [2.05, 4.69) is 48.1 Å². The van der Waals surface area contributed by atoms with Crippen molar-refractivity contribution in [3.63, 3.8) is 0 Å². The highest BCUT2D eigenvalue weighted by Gasteiger charge is 2.28. The molecule has 4 rings (SSSR count). The van der Waals surface area contributed by atoms with Gasteiger partial charge < -0.3 is 8.98 Å². The Kier molecular flexibility index (Phi) is 3.69. The fourth-order valence-corrected chi connectivity index (χ4v) is 3.70. The zero-order valence-corrected chi connectivity index (χ0v) is 14.2. The maximum absolute atomic E-state index is 5.59. The summed E-state index contributed by atoms with van der Waals surface area (Å²) in [6.45, 7) is 4.42. The second-order valence-electron chi connectivity index (χ2n) is 6.34. The number of hydrogen-bond donors (Lipinski definition) is 0. The summed E-state index contributed by atoms with van der Waals surface area (Å²) in [5.41, 5.74) is 3.50. The third kappa shape index (κ3) is 2.91. The fraction of sp³-hybridized carbons (Fsp3) is 0.316. The lowest BCUT2D eigenvalue weighted by Crippen LogP contribution is -2.14. The van der Waals surface area contributed by atoms with Crippen molar-refractivity contribution in [2.75, 3.05) is 0 Å². The zero-order chi connectivity index (χ0) is 15.8. The van der Waals surface area contributed by atoms with Crippen LogP contribution in [0.5, 0.6) is 0 Å². The molecule has 1 fully saturated rings. The van der Waals surface area contributed by atoms with Crippen molar-refractivity contribution < 1.29 is 4.42 Å². The van der Waals surface area contributed by atoms with Gasteiger partial charge in [0.2, 0.25) is 0 Å². The van der Waals surface area contributed by atoms with E-state index in [0.29, 0.717) is 12.0 Å². The summed E-state index contributed by atoms with van der Waals surface area (Å²) in [6.07, 6.45) is 4.18. The molecule has 1 aromatic carbocycles. The predicted molar refractivity (Wildman–Crippen MR) is 94.0 cm³/mol. The molecule has 118 valence electrons. The average Bonchev–Trinajstić information content (AvgIpc) is 3.08. The molecule has 0 amide bonds. The van der Waals surface area contributed by atoms with Crippen molar-refractivity contribution in [1.29, 1.82) is 0 Å². The van der Waals surface area contributed by atoms with Crippen LogP contribution >= 0.6 is 11.3 Å². The van der Waals surface area contributed by atoms with Gasteiger partial charge in [0.15, 0.2) is 10.6 Å². The van der Waals surface area contributed by atoms with Crippen molar-refractivity contribution in [3.05, 3.63) is 58.4 Å². The molecule has 1 saturated carbocycles. The molecule has 3 nitrogen and oxygen atoms in total. The monoisotopic (exact) mass is 324 g/mol. The molecular formula is C19H20N2OS. The third-order valence-electron chi connectivity index (χ3n) is 4.21. The van der Waals surface area contributed by atoms with Crippen LogP contribution in [0.25, 0.3) is 11.5 Å². The van der Waals surface area contributed by atoms with Crippen molar-refractivity contribution in [3.8, 4) is 11.5 Å². The Labute approximate surface area is 139 Å². The number of aromatic nitrogens is 1. The summed E-state index contributed by atoms with van der Waals surface area (Å²) in [7, 11) is 0. The molecule has 0 spiro atoms. The van der Waals surface area contributed by atoms with E-state index < -0.39 is 0 Å². The van der Waals surface area contributed by atoms with E-state index in [-0.39, 0.29) is 0 Å². The van der Waals surface area contributed by atoms with Crippen LogP contribution < -0.4 is 4.80 Å². The lowest BCUT2D eigenvalue weighted by molar-refractivity contribution is 0.570. The summed E-state index contributed by atoms with van der Waals surface area (Å²) in [4.78, 5) is 5.93. The number of nitrogens with zero attached hydrogens (tertiary/aromatic N) is 2. The van der Waals surface area contributed by atoms with Crippen LogP contribution in [0.2, 0.25) is 0 Å². The summed E-state index contributed by atoms with van der Waals surface area (Å²) in [5, 5.41) is 2.15. The third-order valence-corrected chi connectivity index (χ3v) is 5.05. The van der Waals surface area contributed by atoms with E-state index in [1.165, 1.54) is 18.4 Å². The molecule has 2 aromatic heterocycles. The second-order valence-corrected chi connectivity index (χ2v) is 7.18. The van der Waals surface area contributed by atoms with Gasteiger partial charge in [-0.05, 0) is 48.6 Å². The Morgan fingerprint density at radius 2 is 1.96 bits per heavy atom. The van der Waals surface area contributed by atoms with E-state index in [1.54, 1.807) is 17.6 Å². The molecule has 0 bridgehead atoms. The number of rotatable bonds is 4. The van der Waals surface area contributed by atoms with Crippen LogP contribution in [0.4, 0.5) is 5.69 Å². The van der Waals surface area contributed by atoms with Crippen LogP contribution in [0.1, 0.15) is 44.2 Å². The Balaban J connectivity index is 1.76. The topological polar surface area (TPSA) is 30.4 Å². The minimum Gasteiger partial charge on any atom is -0.463 e. The van der Waals surface area contributed by atoms with Gasteiger partial charge in [-0.1, -0.05) is 26.0 Å². The number of hydrogen-bond acceptors (Lipinski definition) is 3. The minimum atomic E-state index is 0.549. The Morgan fingerprint density at radius 1 is 1.17 bits per heavy atom. The number of furan rings is 1. The van der Waals surface area contributed by atoms with E-state index in [1.807, 2.05) is 12.1 Å². The second kappa shape index (κ2) is 5.85. The molecule has 3 aromatic rings. The standard InChI is InChI=1S/C19H20N2OS/c1-13(2)14-5-7-15(8-6-14)20-19-21(16-9-10-16)17(12-23-19)18-4-3-11-22-18/h3-8,11-13,16H,9-10H2,1-2H3. The molecular weight excluding hydrogens is 304 g/mol. The molecule has 0 saturated heterocycles. The van der Waals surface area contributed by atoms with E-state index in [4.69, 9.17) is 9.41 Å². The Bertz CT molecular complexity index is 850. The lowest BCUT2D eigenvalue weighted by atomic mass is 10.0. The Hall–Kier alpha value is -2.07. The van der Waals surface area contributed by atoms with Gasteiger partial charge in [0.1, 0.15) is 0 Å². The minimum absolute atomic E-state index is 0.549. The van der Waals surface area contributed by atoms with Crippen LogP contribution in [-0.2, 0) is 0 Å². The number of benzene rings is 1. The van der Waals surface area contributed by atoms with Gasteiger partial charge in [0.05, 0.1) is 17.6 Å². The summed E-state index contributed by atoms with van der Waals surface area (Å²) in [5.74, 6) is 1.47. The van der Waals surface area contributed by atoms with Crippen LogP contribution in [0.15, 0.2) is 57.5 Å². The van der Waals surface area contributed by atoms with Gasteiger partial charge in [-0.15, -0.1) is 11.3 Å². The van der Waals surface area contributed by atoms with E-state index in [0.717, 1.165) is 21.9 Å². The highest BCUT2D eigenvalue weighted by Crippen LogP contribution is 2.38. The van der Waals surface area contributed by atoms with Crippen molar-refractivity contribution in [2.45, 2.75) is 38.6 Å². The Morgan fingerprint density at radius 3 is 2.57 bits per heavy atom. The van der Waals surface area contributed by atoms with E-state index >= 15 is 0 Å². The molecule has 23 heavy (non-hydrogen) atoms. The molecule has 4 heteroatoms. The highest BCUT2D eigenvalue weighted by molar-refractivity contribution is 7.07. The SMILES string of the molecule is CC(C)c1ccc(N=c2scc(-c3ccco3)n2C2CC2)cc1. The highest BCUT2D eigenvalue weighted by atomic mass is 32.1. The lowest BCUT2D eigenvalue weighted by Gasteiger charge is -2.06. The van der Waals surface area contributed by atoms with Gasteiger partial charge >= 0.3 is 0 Å². The van der Waals surface area contributed by atoms with Crippen LogP contribution in [0, 0.1) is 0 Å². The normalized spacial score (nSPS) is 15.5. The quantitative estimate of drug-likeness (QED) is 0.623. The molecule has 1 aliphatic rings. The van der Waals surface area contributed by atoms with Crippen molar-refractivity contribution in [1.82, 2.24) is 4.57 Å². The van der Waals surface area contributed by atoms with Crippen molar-refractivity contribution >= 4 is 17.0 Å². The predicted octanol–water partition coefficient (Wildman–Crippen LogP) is 5.50. The first-order chi connectivity index (χ1) is 11.2. The van der Waals surface area contributed by atoms with Crippen LogP contribution in [0.3, 0.4) is 0 Å². The molecule has 1 aliphatic carbocycles. The summed E-state index contributed by atoms with van der Waals surface area (Å²) in [6, 6.07) is 13.1. The maximum atomic E-state index is 5.59. The van der Waals surface area contributed by atoms with Gasteiger partial charge in [0.25, 0.3) is 0 Å². The van der Waals surface area contributed by atoms with Crippen molar-refractivity contribution in [2.24, 2.45) is 4.99 Å². The van der Waals surface area contributed by atoms with E-state index in [9.17, 15) is 0 Å². The smallest absolute Gasteiger partial charge is 0.190 e. The average molecular weight is 324 g/mol. The molecule has 0 N–H and O–H groups in total. The van der Waals surface area contributed by atoms with Crippen LogP contribution in [-0.4, -0.2) is 4.57 Å². The molecule has 0 radical (unpaired) electrons. The fourth-order valence-electron chi connectivity index (χ4n) is 2.74. The zero-order valence-electron chi connectivity index (χ0n) is 13.4. The molecule has 0 atom stereocenters. The van der Waals surface area contributed by atoms with Gasteiger partial charge in [-0.3, -0.25) is 0 Å². The molecule has 2 heterocycles. The molecule has 0 unspecified atom stereocenters. The number of thiazole rings is 1. The first-order valence-electron chi connectivity index (χ1n) is 8.11. The largest absolute Gasteiger partial charge is 0.463 e. The summed E-state index contributed by atoms with van der Waals surface area (Å²) < 4.78 is 7.92. The molecule has 0 aliphatic heterocycles. The van der Waals surface area contributed by atoms with Gasteiger partial charge in [-0.2, -0.15) is 0 Å².